The summed E-state index contributed by atoms with van der Waals surface area (Å²) in [6.07, 6.45) is 5.85. The maximum absolute atomic E-state index is 4.72. The van der Waals surface area contributed by atoms with Gasteiger partial charge >= 0.3 is 0 Å². The normalized spacial score (nSPS) is 16.7. The van der Waals surface area contributed by atoms with E-state index in [1.165, 1.54) is 24.8 Å². The van der Waals surface area contributed by atoms with Gasteiger partial charge in [0.05, 0.1) is 0 Å². The standard InChI is InChI=1S/C17H30N4/c1-5-15-6-8-21(9-7-15)17-19-12-16(14(4)20-17)11-18-10-13(2)3/h12-13,15,18H,5-11H2,1-4H3. The molecule has 1 aliphatic heterocycles. The highest BCUT2D eigenvalue weighted by atomic mass is 15.3. The number of hydrogen-bond acceptors (Lipinski definition) is 4. The summed E-state index contributed by atoms with van der Waals surface area (Å²) in [6.45, 7) is 12.9. The maximum Gasteiger partial charge on any atom is 0.225 e. The van der Waals surface area contributed by atoms with E-state index in [-0.39, 0.29) is 0 Å². The molecule has 0 radical (unpaired) electrons. The summed E-state index contributed by atoms with van der Waals surface area (Å²) in [5.41, 5.74) is 2.32. The van der Waals surface area contributed by atoms with Crippen LogP contribution in [0.2, 0.25) is 0 Å². The van der Waals surface area contributed by atoms with E-state index in [1.54, 1.807) is 0 Å². The molecule has 1 fully saturated rings. The first-order valence-electron chi connectivity index (χ1n) is 8.38. The van der Waals surface area contributed by atoms with E-state index in [0.29, 0.717) is 5.92 Å². The molecule has 0 bridgehead atoms. The first kappa shape index (κ1) is 16.2. The van der Waals surface area contributed by atoms with Crippen LogP contribution in [0.25, 0.3) is 0 Å². The van der Waals surface area contributed by atoms with Crippen LogP contribution in [0.1, 0.15) is 51.3 Å². The Kier molecular flexibility index (Phi) is 5.97. The van der Waals surface area contributed by atoms with Crippen molar-refractivity contribution in [1.82, 2.24) is 15.3 Å². The van der Waals surface area contributed by atoms with Crippen LogP contribution in [0.3, 0.4) is 0 Å². The van der Waals surface area contributed by atoms with E-state index >= 15 is 0 Å². The van der Waals surface area contributed by atoms with Crippen LogP contribution in [-0.4, -0.2) is 29.6 Å². The van der Waals surface area contributed by atoms with Gasteiger partial charge in [0, 0.05) is 37.1 Å². The third-order valence-electron chi connectivity index (χ3n) is 4.41. The largest absolute Gasteiger partial charge is 0.341 e. The zero-order chi connectivity index (χ0) is 15.2. The summed E-state index contributed by atoms with van der Waals surface area (Å²) < 4.78 is 0. The predicted molar refractivity (Wildman–Crippen MR) is 88.5 cm³/mol. The zero-order valence-corrected chi connectivity index (χ0v) is 14.0. The Morgan fingerprint density at radius 3 is 2.62 bits per heavy atom. The molecule has 1 saturated heterocycles. The maximum atomic E-state index is 4.72. The molecule has 2 rings (SSSR count). The molecule has 0 spiro atoms. The third kappa shape index (κ3) is 4.67. The molecule has 4 heteroatoms. The molecular weight excluding hydrogens is 260 g/mol. The summed E-state index contributed by atoms with van der Waals surface area (Å²) in [5.74, 6) is 2.47. The highest BCUT2D eigenvalue weighted by Gasteiger charge is 2.20. The van der Waals surface area contributed by atoms with Gasteiger partial charge in [-0.2, -0.15) is 0 Å². The van der Waals surface area contributed by atoms with Gasteiger partial charge in [-0.25, -0.2) is 9.97 Å². The number of rotatable bonds is 6. The predicted octanol–water partition coefficient (Wildman–Crippen LogP) is 3.16. The van der Waals surface area contributed by atoms with Gasteiger partial charge in [0.15, 0.2) is 0 Å². The summed E-state index contributed by atoms with van der Waals surface area (Å²) >= 11 is 0. The lowest BCUT2D eigenvalue weighted by Gasteiger charge is -2.31. The summed E-state index contributed by atoms with van der Waals surface area (Å²) in [6, 6.07) is 0. The summed E-state index contributed by atoms with van der Waals surface area (Å²) in [4.78, 5) is 11.6. The molecule has 0 aliphatic carbocycles. The molecule has 1 aromatic rings. The molecule has 0 atom stereocenters. The number of hydrogen-bond donors (Lipinski definition) is 1. The van der Waals surface area contributed by atoms with Gasteiger partial charge in [-0.1, -0.05) is 27.2 Å². The quantitative estimate of drug-likeness (QED) is 0.874. The monoisotopic (exact) mass is 290 g/mol. The fourth-order valence-corrected chi connectivity index (χ4v) is 2.84. The average molecular weight is 290 g/mol. The van der Waals surface area contributed by atoms with Gasteiger partial charge < -0.3 is 10.2 Å². The second-order valence-corrected chi connectivity index (χ2v) is 6.64. The Morgan fingerprint density at radius 2 is 2.05 bits per heavy atom. The molecule has 1 N–H and O–H groups in total. The molecule has 1 aliphatic rings. The van der Waals surface area contributed by atoms with Crippen LogP contribution in [0, 0.1) is 18.8 Å². The van der Waals surface area contributed by atoms with E-state index in [9.17, 15) is 0 Å². The molecule has 2 heterocycles. The minimum absolute atomic E-state index is 0.672. The highest BCUT2D eigenvalue weighted by molar-refractivity contribution is 5.33. The number of anilines is 1. The van der Waals surface area contributed by atoms with Crippen molar-refractivity contribution in [3.63, 3.8) is 0 Å². The zero-order valence-electron chi connectivity index (χ0n) is 14.0. The summed E-state index contributed by atoms with van der Waals surface area (Å²) in [7, 11) is 0. The van der Waals surface area contributed by atoms with Crippen LogP contribution in [0.5, 0.6) is 0 Å². The molecule has 0 aromatic carbocycles. The van der Waals surface area contributed by atoms with Gasteiger partial charge in [-0.15, -0.1) is 0 Å². The number of aryl methyl sites for hydroxylation is 1. The lowest BCUT2D eigenvalue weighted by molar-refractivity contribution is 0.392. The number of piperidine rings is 1. The van der Waals surface area contributed by atoms with Crippen molar-refractivity contribution < 1.29 is 0 Å². The minimum atomic E-state index is 0.672. The van der Waals surface area contributed by atoms with E-state index < -0.39 is 0 Å². The van der Waals surface area contributed by atoms with Crippen molar-refractivity contribution in [1.29, 1.82) is 0 Å². The lowest BCUT2D eigenvalue weighted by atomic mass is 9.95. The molecule has 4 nitrogen and oxygen atoms in total. The van der Waals surface area contributed by atoms with Crippen molar-refractivity contribution in [2.75, 3.05) is 24.5 Å². The van der Waals surface area contributed by atoms with E-state index in [0.717, 1.165) is 43.7 Å². The Labute approximate surface area is 129 Å². The van der Waals surface area contributed by atoms with Gasteiger partial charge in [-0.3, -0.25) is 0 Å². The molecule has 1 aromatic heterocycles. The van der Waals surface area contributed by atoms with Crippen molar-refractivity contribution >= 4 is 5.95 Å². The SMILES string of the molecule is CCC1CCN(c2ncc(CNCC(C)C)c(C)n2)CC1. The van der Waals surface area contributed by atoms with Crippen molar-refractivity contribution in [3.8, 4) is 0 Å². The fourth-order valence-electron chi connectivity index (χ4n) is 2.84. The second-order valence-electron chi connectivity index (χ2n) is 6.64. The van der Waals surface area contributed by atoms with E-state index in [1.807, 2.05) is 6.20 Å². The number of aromatic nitrogens is 2. The Bertz CT molecular complexity index is 436. The highest BCUT2D eigenvalue weighted by Crippen LogP contribution is 2.23. The van der Waals surface area contributed by atoms with Crippen LogP contribution in [-0.2, 0) is 6.54 Å². The van der Waals surface area contributed by atoms with Gasteiger partial charge in [0.25, 0.3) is 0 Å². The van der Waals surface area contributed by atoms with E-state index in [2.05, 4.69) is 42.9 Å². The van der Waals surface area contributed by atoms with Crippen LogP contribution in [0.15, 0.2) is 6.20 Å². The topological polar surface area (TPSA) is 41.1 Å². The van der Waals surface area contributed by atoms with Gasteiger partial charge in [0.2, 0.25) is 5.95 Å². The molecular formula is C17H30N4. The van der Waals surface area contributed by atoms with Crippen LogP contribution >= 0.6 is 0 Å². The Hall–Kier alpha value is -1.16. The molecule has 0 amide bonds. The Morgan fingerprint density at radius 1 is 1.33 bits per heavy atom. The summed E-state index contributed by atoms with van der Waals surface area (Å²) in [5, 5.41) is 3.46. The van der Waals surface area contributed by atoms with Crippen molar-refractivity contribution in [3.05, 3.63) is 17.5 Å². The Balaban J connectivity index is 1.92. The van der Waals surface area contributed by atoms with Crippen molar-refractivity contribution in [2.45, 2.75) is 53.5 Å². The molecule has 0 unspecified atom stereocenters. The smallest absolute Gasteiger partial charge is 0.225 e. The first-order valence-corrected chi connectivity index (χ1v) is 8.38. The van der Waals surface area contributed by atoms with Gasteiger partial charge in [0.1, 0.15) is 0 Å². The molecule has 0 saturated carbocycles. The number of nitrogens with zero attached hydrogens (tertiary/aromatic N) is 3. The lowest BCUT2D eigenvalue weighted by Crippen LogP contribution is -2.35. The first-order chi connectivity index (χ1) is 10.1. The van der Waals surface area contributed by atoms with Crippen LogP contribution in [0.4, 0.5) is 5.95 Å². The second kappa shape index (κ2) is 7.74. The van der Waals surface area contributed by atoms with Crippen LogP contribution < -0.4 is 10.2 Å². The average Bonchev–Trinajstić information content (AvgIpc) is 2.48. The van der Waals surface area contributed by atoms with E-state index in [4.69, 9.17) is 4.98 Å². The fraction of sp³-hybridized carbons (Fsp3) is 0.765. The van der Waals surface area contributed by atoms with Gasteiger partial charge in [-0.05, 0) is 38.1 Å². The minimum Gasteiger partial charge on any atom is -0.341 e. The third-order valence-corrected chi connectivity index (χ3v) is 4.41. The molecule has 118 valence electrons. The van der Waals surface area contributed by atoms with Crippen molar-refractivity contribution in [2.24, 2.45) is 11.8 Å². The number of nitrogens with one attached hydrogen (secondary N) is 1. The molecule has 21 heavy (non-hydrogen) atoms.